The van der Waals surface area contributed by atoms with E-state index in [9.17, 15) is 0 Å². The van der Waals surface area contributed by atoms with Gasteiger partial charge in [-0.05, 0) is 78.5 Å². The average Bonchev–Trinajstić information content (AvgIpc) is 3.14. The number of ether oxygens (including phenoxy) is 2. The number of hydrogen-bond acceptors (Lipinski definition) is 2. The monoisotopic (exact) mass is 328 g/mol. The van der Waals surface area contributed by atoms with E-state index in [0.717, 1.165) is 31.4 Å². The van der Waals surface area contributed by atoms with E-state index in [4.69, 9.17) is 9.47 Å². The van der Waals surface area contributed by atoms with Crippen molar-refractivity contribution in [1.82, 2.24) is 0 Å². The summed E-state index contributed by atoms with van der Waals surface area (Å²) in [5.74, 6) is 0.936. The molecule has 2 heteroatoms. The van der Waals surface area contributed by atoms with Gasteiger partial charge >= 0.3 is 0 Å². The van der Waals surface area contributed by atoms with Crippen LogP contribution in [0.1, 0.15) is 58.9 Å². The first-order valence-corrected chi connectivity index (χ1v) is 9.05. The molecule has 1 aliphatic heterocycles. The molecule has 0 aromatic heterocycles. The largest absolute Gasteiger partial charge is 0.490 e. The highest BCUT2D eigenvalue weighted by Gasteiger charge is 2.46. The predicted molar refractivity (Wildman–Crippen MR) is 102 cm³/mol. The van der Waals surface area contributed by atoms with Crippen molar-refractivity contribution < 1.29 is 9.47 Å². The van der Waals surface area contributed by atoms with Crippen LogP contribution in [0.3, 0.4) is 0 Å². The van der Waals surface area contributed by atoms with Gasteiger partial charge in [0.2, 0.25) is 0 Å². The molecule has 1 atom stereocenters. The van der Waals surface area contributed by atoms with E-state index in [1.165, 1.54) is 16.7 Å². The van der Waals surface area contributed by atoms with Gasteiger partial charge in [0.1, 0.15) is 12.4 Å². The van der Waals surface area contributed by atoms with Crippen LogP contribution in [0.15, 0.2) is 47.6 Å². The number of allylic oxidation sites excluding steroid dienone is 3. The van der Waals surface area contributed by atoms with Crippen LogP contribution in [0.5, 0.6) is 5.75 Å². The molecule has 24 heavy (non-hydrogen) atoms. The molecule has 1 heterocycles. The molecule has 0 amide bonds. The third-order valence-corrected chi connectivity index (χ3v) is 4.70. The predicted octanol–water partition coefficient (Wildman–Crippen LogP) is 6.00. The summed E-state index contributed by atoms with van der Waals surface area (Å²) < 4.78 is 11.4. The second-order valence-corrected chi connectivity index (χ2v) is 7.51. The Hall–Kier alpha value is -1.54. The van der Waals surface area contributed by atoms with Crippen LogP contribution >= 0.6 is 0 Å². The van der Waals surface area contributed by atoms with Crippen molar-refractivity contribution in [2.24, 2.45) is 0 Å². The molecule has 1 saturated heterocycles. The standard InChI is InChI=1S/C22H32O2/c1-17(11-14-21-22(4,5)24-21)7-6-8-18(2)15-16-23-20-12-9-19(3)10-13-20/h7,9-10,12-13,15,21H,6,8,11,14,16H2,1-5H3/b17-7+,18-15+. The maximum atomic E-state index is 5.74. The number of aryl methyl sites for hydroxylation is 1. The SMILES string of the molecule is C/C(=C\COc1ccc(C)cc1)CC/C=C(\C)CCC1OC1(C)C. The summed E-state index contributed by atoms with van der Waals surface area (Å²) in [7, 11) is 0. The highest BCUT2D eigenvalue weighted by atomic mass is 16.6. The zero-order valence-electron chi connectivity index (χ0n) is 15.9. The van der Waals surface area contributed by atoms with Gasteiger partial charge in [-0.15, -0.1) is 0 Å². The molecule has 0 bridgehead atoms. The van der Waals surface area contributed by atoms with Gasteiger partial charge in [-0.25, -0.2) is 0 Å². The van der Waals surface area contributed by atoms with Crippen LogP contribution in [0.2, 0.25) is 0 Å². The Bertz CT molecular complexity index is 578. The number of rotatable bonds is 9. The minimum atomic E-state index is 0.122. The first-order valence-electron chi connectivity index (χ1n) is 9.05. The Morgan fingerprint density at radius 1 is 1.08 bits per heavy atom. The summed E-state index contributed by atoms with van der Waals surface area (Å²) in [5.41, 5.74) is 4.24. The van der Waals surface area contributed by atoms with Gasteiger partial charge in [0.05, 0.1) is 11.7 Å². The van der Waals surface area contributed by atoms with Gasteiger partial charge in [0.15, 0.2) is 0 Å². The zero-order chi connectivity index (χ0) is 17.6. The molecule has 0 spiro atoms. The lowest BCUT2D eigenvalue weighted by Crippen LogP contribution is -2.02. The van der Waals surface area contributed by atoms with Gasteiger partial charge in [-0.2, -0.15) is 0 Å². The smallest absolute Gasteiger partial charge is 0.119 e. The van der Waals surface area contributed by atoms with Crippen molar-refractivity contribution in [2.75, 3.05) is 6.61 Å². The zero-order valence-corrected chi connectivity index (χ0v) is 15.9. The highest BCUT2D eigenvalue weighted by molar-refractivity contribution is 5.26. The second kappa shape index (κ2) is 8.53. The third kappa shape index (κ3) is 6.52. The molecule has 0 saturated carbocycles. The fraction of sp³-hybridized carbons (Fsp3) is 0.545. The van der Waals surface area contributed by atoms with Crippen molar-refractivity contribution in [1.29, 1.82) is 0 Å². The summed E-state index contributed by atoms with van der Waals surface area (Å²) in [6.07, 6.45) is 9.51. The first-order chi connectivity index (χ1) is 11.4. The first kappa shape index (κ1) is 18.8. The van der Waals surface area contributed by atoms with Crippen molar-refractivity contribution in [3.05, 3.63) is 53.1 Å². The maximum absolute atomic E-state index is 5.74. The maximum Gasteiger partial charge on any atom is 0.119 e. The van der Waals surface area contributed by atoms with E-state index in [1.54, 1.807) is 0 Å². The Morgan fingerprint density at radius 2 is 1.71 bits per heavy atom. The molecular formula is C22H32O2. The van der Waals surface area contributed by atoms with Crippen LogP contribution in [-0.4, -0.2) is 18.3 Å². The highest BCUT2D eigenvalue weighted by Crippen LogP contribution is 2.38. The minimum absolute atomic E-state index is 0.122. The molecule has 1 fully saturated rings. The molecule has 0 aliphatic carbocycles. The van der Waals surface area contributed by atoms with E-state index in [1.807, 2.05) is 12.1 Å². The summed E-state index contributed by atoms with van der Waals surface area (Å²) in [6.45, 7) is 11.5. The van der Waals surface area contributed by atoms with Gasteiger partial charge in [-0.3, -0.25) is 0 Å². The van der Waals surface area contributed by atoms with Crippen LogP contribution in [-0.2, 0) is 4.74 Å². The summed E-state index contributed by atoms with van der Waals surface area (Å²) in [4.78, 5) is 0. The minimum Gasteiger partial charge on any atom is -0.490 e. The average molecular weight is 328 g/mol. The van der Waals surface area contributed by atoms with Gasteiger partial charge < -0.3 is 9.47 Å². The van der Waals surface area contributed by atoms with Gasteiger partial charge in [0.25, 0.3) is 0 Å². The van der Waals surface area contributed by atoms with E-state index in [0.29, 0.717) is 12.7 Å². The van der Waals surface area contributed by atoms with Crippen LogP contribution in [0.4, 0.5) is 0 Å². The molecule has 2 nitrogen and oxygen atoms in total. The van der Waals surface area contributed by atoms with E-state index in [2.05, 4.69) is 58.9 Å². The summed E-state index contributed by atoms with van der Waals surface area (Å²) in [6, 6.07) is 8.20. The van der Waals surface area contributed by atoms with Crippen molar-refractivity contribution in [3.8, 4) is 5.75 Å². The number of epoxide rings is 1. The Kier molecular flexibility index (Phi) is 6.68. The summed E-state index contributed by atoms with van der Waals surface area (Å²) >= 11 is 0. The molecule has 132 valence electrons. The molecule has 1 aliphatic rings. The topological polar surface area (TPSA) is 21.8 Å². The van der Waals surface area contributed by atoms with Crippen LogP contribution in [0.25, 0.3) is 0 Å². The fourth-order valence-corrected chi connectivity index (χ4v) is 2.76. The lowest BCUT2D eigenvalue weighted by molar-refractivity contribution is 0.320. The van der Waals surface area contributed by atoms with Crippen molar-refractivity contribution >= 4 is 0 Å². The molecule has 2 rings (SSSR count). The lowest BCUT2D eigenvalue weighted by atomic mass is 10.0. The molecule has 1 aromatic rings. The fourth-order valence-electron chi connectivity index (χ4n) is 2.76. The van der Waals surface area contributed by atoms with E-state index in [-0.39, 0.29) is 5.60 Å². The molecular weight excluding hydrogens is 296 g/mol. The summed E-state index contributed by atoms with van der Waals surface area (Å²) in [5, 5.41) is 0. The Labute approximate surface area is 147 Å². The number of benzene rings is 1. The molecule has 0 radical (unpaired) electrons. The Balaban J connectivity index is 1.61. The van der Waals surface area contributed by atoms with Crippen molar-refractivity contribution in [2.45, 2.75) is 72.0 Å². The Morgan fingerprint density at radius 3 is 2.33 bits per heavy atom. The normalized spacial score (nSPS) is 20.1. The second-order valence-electron chi connectivity index (χ2n) is 7.51. The van der Waals surface area contributed by atoms with E-state index >= 15 is 0 Å². The molecule has 1 aromatic carbocycles. The van der Waals surface area contributed by atoms with Gasteiger partial charge in [0, 0.05) is 0 Å². The lowest BCUT2D eigenvalue weighted by Gasteiger charge is -2.05. The number of hydrogen-bond donors (Lipinski definition) is 0. The quantitative estimate of drug-likeness (QED) is 0.409. The van der Waals surface area contributed by atoms with Crippen LogP contribution < -0.4 is 4.74 Å². The van der Waals surface area contributed by atoms with E-state index < -0.39 is 0 Å². The van der Waals surface area contributed by atoms with Crippen LogP contribution in [0, 0.1) is 6.92 Å². The van der Waals surface area contributed by atoms with Crippen molar-refractivity contribution in [3.63, 3.8) is 0 Å². The third-order valence-electron chi connectivity index (χ3n) is 4.70. The molecule has 0 N–H and O–H groups in total. The molecule has 1 unspecified atom stereocenters. The van der Waals surface area contributed by atoms with Gasteiger partial charge in [-0.1, -0.05) is 34.9 Å².